The van der Waals surface area contributed by atoms with Crippen LogP contribution >= 0.6 is 11.3 Å². The predicted octanol–water partition coefficient (Wildman–Crippen LogP) is 3.17. The number of carbonyl (C=O) groups excluding carboxylic acids is 1. The fourth-order valence-electron chi connectivity index (χ4n) is 3.83. The lowest BCUT2D eigenvalue weighted by Gasteiger charge is -2.28. The Morgan fingerprint density at radius 2 is 1.81 bits per heavy atom. The van der Waals surface area contributed by atoms with Crippen LogP contribution in [0, 0.1) is 0 Å². The maximum atomic E-state index is 13.1. The summed E-state index contributed by atoms with van der Waals surface area (Å²) in [5, 5.41) is 3.21. The monoisotopic (exact) mass is 458 g/mol. The highest BCUT2D eigenvalue weighted by molar-refractivity contribution is 8.08. The molecular formula is C22H26N4O3S2. The van der Waals surface area contributed by atoms with Crippen LogP contribution in [0.1, 0.15) is 24.2 Å². The zero-order chi connectivity index (χ0) is 22.0. The fourth-order valence-corrected chi connectivity index (χ4v) is 6.45. The second kappa shape index (κ2) is 8.94. The smallest absolute Gasteiger partial charge is 0.282 e. The Bertz CT molecular complexity index is 1180. The van der Waals surface area contributed by atoms with Gasteiger partial charge in [-0.1, -0.05) is 0 Å². The summed E-state index contributed by atoms with van der Waals surface area (Å²) in [6, 6.07) is 10.2. The summed E-state index contributed by atoms with van der Waals surface area (Å²) < 4.78 is 27.1. The van der Waals surface area contributed by atoms with Crippen molar-refractivity contribution >= 4 is 47.9 Å². The van der Waals surface area contributed by atoms with Gasteiger partial charge in [-0.25, -0.2) is 13.4 Å². The van der Waals surface area contributed by atoms with Crippen molar-refractivity contribution in [2.75, 3.05) is 49.1 Å². The van der Waals surface area contributed by atoms with Gasteiger partial charge in [0.2, 0.25) is 0 Å². The van der Waals surface area contributed by atoms with Gasteiger partial charge in [0, 0.05) is 66.8 Å². The number of carbonyl (C=O) groups is 1. The Hall–Kier alpha value is -2.49. The van der Waals surface area contributed by atoms with Crippen molar-refractivity contribution in [1.82, 2.24) is 10.3 Å². The maximum absolute atomic E-state index is 13.1. The van der Waals surface area contributed by atoms with Gasteiger partial charge < -0.3 is 15.1 Å². The number of hydrogen-bond acceptors (Lipinski definition) is 8. The first kappa shape index (κ1) is 21.7. The first-order valence-corrected chi connectivity index (χ1v) is 12.7. The Balaban J connectivity index is 1.66. The number of fused-ring (bicyclic) bond motifs is 1. The highest BCUT2D eigenvalue weighted by atomic mass is 32.2. The van der Waals surface area contributed by atoms with E-state index in [4.69, 9.17) is 0 Å². The molecule has 0 spiro atoms. The zero-order valence-electron chi connectivity index (χ0n) is 17.7. The largest absolute Gasteiger partial charge is 0.372 e. The van der Waals surface area contributed by atoms with Gasteiger partial charge in [-0.05, 0) is 50.2 Å². The number of rotatable bonds is 6. The Morgan fingerprint density at radius 3 is 2.45 bits per heavy atom. The molecule has 1 fully saturated rings. The van der Waals surface area contributed by atoms with E-state index in [1.165, 1.54) is 0 Å². The first-order chi connectivity index (χ1) is 15.0. The molecule has 0 bridgehead atoms. The zero-order valence-corrected chi connectivity index (χ0v) is 19.3. The second-order valence-electron chi connectivity index (χ2n) is 7.36. The molecule has 0 saturated carbocycles. The van der Waals surface area contributed by atoms with Crippen LogP contribution in [0.15, 0.2) is 46.8 Å². The summed E-state index contributed by atoms with van der Waals surface area (Å²) in [4.78, 5) is 21.7. The van der Waals surface area contributed by atoms with Crippen molar-refractivity contribution < 1.29 is 13.2 Å². The summed E-state index contributed by atoms with van der Waals surface area (Å²) in [5.74, 6) is 0.771. The van der Waals surface area contributed by atoms with Gasteiger partial charge in [-0.2, -0.15) is 0 Å². The molecule has 3 aromatic rings. The molecule has 0 amide bonds. The lowest BCUT2D eigenvalue weighted by molar-refractivity contribution is 0.107. The number of thiophene rings is 1. The van der Waals surface area contributed by atoms with E-state index in [0.717, 1.165) is 72.2 Å². The maximum Gasteiger partial charge on any atom is 0.282 e. The van der Waals surface area contributed by atoms with Crippen molar-refractivity contribution in [3.05, 3.63) is 48.2 Å². The van der Waals surface area contributed by atoms with E-state index < -0.39 is 15.0 Å². The molecule has 0 unspecified atom stereocenters. The molecule has 2 aromatic heterocycles. The Labute approximate surface area is 186 Å². The Kier molecular flexibility index (Phi) is 6.27. The third-order valence-electron chi connectivity index (χ3n) is 5.56. The fraction of sp³-hybridized carbons (Fsp3) is 0.364. The molecule has 0 atom stereocenters. The summed E-state index contributed by atoms with van der Waals surface area (Å²) in [6.07, 6.45) is 1.69. The van der Waals surface area contributed by atoms with Crippen LogP contribution in [0.5, 0.6) is 0 Å². The van der Waals surface area contributed by atoms with Crippen LogP contribution < -0.4 is 15.1 Å². The SMILES string of the molecule is CCN(CC)c1ccc(C(=O)S(=O)(=O)c2cc3c(N4CCNCC4)nccc3s2)cc1. The molecular weight excluding hydrogens is 432 g/mol. The van der Waals surface area contributed by atoms with Gasteiger partial charge in [-0.3, -0.25) is 4.79 Å². The van der Waals surface area contributed by atoms with Gasteiger partial charge in [-0.15, -0.1) is 11.3 Å². The van der Waals surface area contributed by atoms with Crippen molar-refractivity contribution in [3.63, 3.8) is 0 Å². The number of nitrogens with zero attached hydrogens (tertiary/aromatic N) is 3. The molecule has 164 valence electrons. The molecule has 3 heterocycles. The lowest BCUT2D eigenvalue weighted by Crippen LogP contribution is -2.43. The number of benzene rings is 1. The average molecular weight is 459 g/mol. The summed E-state index contributed by atoms with van der Waals surface area (Å²) in [5.41, 5.74) is 1.14. The quantitative estimate of drug-likeness (QED) is 0.607. The topological polar surface area (TPSA) is 82.6 Å². The predicted molar refractivity (Wildman–Crippen MR) is 126 cm³/mol. The normalized spacial score (nSPS) is 14.7. The number of aromatic nitrogens is 1. The highest BCUT2D eigenvalue weighted by Crippen LogP contribution is 2.35. The molecule has 1 aliphatic rings. The van der Waals surface area contributed by atoms with E-state index in [0.29, 0.717) is 0 Å². The van der Waals surface area contributed by atoms with Gasteiger partial charge in [0.1, 0.15) is 10.0 Å². The van der Waals surface area contributed by atoms with E-state index in [2.05, 4.69) is 33.9 Å². The third-order valence-corrected chi connectivity index (χ3v) is 8.73. The minimum Gasteiger partial charge on any atom is -0.372 e. The molecule has 1 saturated heterocycles. The summed E-state index contributed by atoms with van der Waals surface area (Å²) in [7, 11) is -4.14. The van der Waals surface area contributed by atoms with Crippen LogP contribution in [0.3, 0.4) is 0 Å². The van der Waals surface area contributed by atoms with E-state index in [1.54, 1.807) is 42.6 Å². The van der Waals surface area contributed by atoms with Crippen LogP contribution in [0.4, 0.5) is 11.5 Å². The van der Waals surface area contributed by atoms with Crippen LogP contribution in [0.25, 0.3) is 10.1 Å². The second-order valence-corrected chi connectivity index (χ2v) is 10.5. The van der Waals surface area contributed by atoms with Gasteiger partial charge >= 0.3 is 0 Å². The molecule has 4 rings (SSSR count). The molecule has 1 aromatic carbocycles. The van der Waals surface area contributed by atoms with E-state index in [1.807, 2.05) is 0 Å². The molecule has 9 heteroatoms. The first-order valence-electron chi connectivity index (χ1n) is 10.4. The Morgan fingerprint density at radius 1 is 1.13 bits per heavy atom. The standard InChI is InChI=1S/C22H26N4O3S2/c1-3-25(4-2)17-7-5-16(6-8-17)22(27)31(28,29)20-15-18-19(30-20)9-10-24-21(18)26-13-11-23-12-14-26/h5-10,15,23H,3-4,11-14H2,1-2H3. The van der Waals surface area contributed by atoms with Crippen molar-refractivity contribution in [3.8, 4) is 0 Å². The van der Waals surface area contributed by atoms with Crippen LogP contribution in [-0.2, 0) is 9.84 Å². The van der Waals surface area contributed by atoms with Gasteiger partial charge in [0.05, 0.1) is 0 Å². The van der Waals surface area contributed by atoms with Crippen molar-refractivity contribution in [2.24, 2.45) is 0 Å². The molecule has 7 nitrogen and oxygen atoms in total. The molecule has 1 N–H and O–H groups in total. The summed E-state index contributed by atoms with van der Waals surface area (Å²) in [6.45, 7) is 9.12. The lowest BCUT2D eigenvalue weighted by atomic mass is 10.2. The number of pyridine rings is 1. The minimum atomic E-state index is -4.14. The number of piperazine rings is 1. The number of nitrogens with one attached hydrogen (secondary N) is 1. The third kappa shape index (κ3) is 4.17. The van der Waals surface area contributed by atoms with Crippen LogP contribution in [0.2, 0.25) is 0 Å². The minimum absolute atomic E-state index is 0.0599. The number of anilines is 2. The number of hydrogen-bond donors (Lipinski definition) is 1. The average Bonchev–Trinajstić information content (AvgIpc) is 3.26. The van der Waals surface area contributed by atoms with Crippen molar-refractivity contribution in [2.45, 2.75) is 18.1 Å². The molecule has 0 radical (unpaired) electrons. The van der Waals surface area contributed by atoms with E-state index in [9.17, 15) is 13.2 Å². The van der Waals surface area contributed by atoms with Gasteiger partial charge in [0.25, 0.3) is 15.0 Å². The van der Waals surface area contributed by atoms with E-state index in [-0.39, 0.29) is 9.77 Å². The number of sulfone groups is 1. The van der Waals surface area contributed by atoms with E-state index >= 15 is 0 Å². The van der Waals surface area contributed by atoms with Crippen molar-refractivity contribution in [1.29, 1.82) is 0 Å². The van der Waals surface area contributed by atoms with Crippen LogP contribution in [-0.4, -0.2) is 57.8 Å². The summed E-state index contributed by atoms with van der Waals surface area (Å²) >= 11 is 1.12. The molecule has 0 aliphatic carbocycles. The molecule has 1 aliphatic heterocycles. The molecule has 31 heavy (non-hydrogen) atoms. The van der Waals surface area contributed by atoms with Gasteiger partial charge in [0.15, 0.2) is 0 Å². The highest BCUT2D eigenvalue weighted by Gasteiger charge is 2.29.